The van der Waals surface area contributed by atoms with Crippen LogP contribution in [0.4, 0.5) is 0 Å². The highest BCUT2D eigenvalue weighted by Gasteiger charge is 2.59. The lowest BCUT2D eigenvalue weighted by Crippen LogP contribution is -2.53. The molecule has 4 aliphatic carbocycles. The molecule has 3 nitrogen and oxygen atoms in total. The summed E-state index contributed by atoms with van der Waals surface area (Å²) in [6.45, 7) is 7.12. The zero-order chi connectivity index (χ0) is 32.9. The molecule has 260 valence electrons. The highest BCUT2D eigenvalue weighted by molar-refractivity contribution is 8.77. The molecular weight excluding hydrogens is 625 g/mol. The summed E-state index contributed by atoms with van der Waals surface area (Å²) in [6, 6.07) is 15.6. The Hall–Kier alpha value is -1.40. The van der Waals surface area contributed by atoms with Gasteiger partial charge >= 0.3 is 0 Å². The molecule has 2 spiro atoms. The second-order valence-corrected chi connectivity index (χ2v) is 20.6. The van der Waals surface area contributed by atoms with Crippen LogP contribution in [0.5, 0.6) is 5.75 Å². The molecule has 8 rings (SSSR count). The summed E-state index contributed by atoms with van der Waals surface area (Å²) in [5.74, 6) is 6.27. The van der Waals surface area contributed by atoms with E-state index >= 15 is 0 Å². The molecule has 2 aliphatic heterocycles. The van der Waals surface area contributed by atoms with E-state index in [0.717, 1.165) is 54.2 Å². The molecule has 3 N–H and O–H groups in total. The van der Waals surface area contributed by atoms with Gasteiger partial charge in [-0.05, 0) is 185 Å². The number of phenolic OH excluding ortho intramolecular Hbond substituents is 1. The third-order valence-electron chi connectivity index (χ3n) is 14.2. The summed E-state index contributed by atoms with van der Waals surface area (Å²) < 4.78 is 0. The molecule has 2 aromatic carbocycles. The molecule has 0 radical (unpaired) electrons. The van der Waals surface area contributed by atoms with Gasteiger partial charge in [-0.25, -0.2) is 0 Å². The molecule has 1 saturated heterocycles. The van der Waals surface area contributed by atoms with Crippen molar-refractivity contribution in [1.29, 1.82) is 0 Å². The van der Waals surface area contributed by atoms with Gasteiger partial charge in [-0.15, -0.1) is 0 Å². The Bertz CT molecular complexity index is 1490. The third kappa shape index (κ3) is 6.81. The minimum atomic E-state index is 0.151. The Morgan fingerprint density at radius 1 is 0.979 bits per heavy atom. The Balaban J connectivity index is 1.20. The lowest BCUT2D eigenvalue weighted by atomic mass is 9.44. The number of hydrogen-bond acceptors (Lipinski definition) is 5. The molecule has 10 atom stereocenters. The molecule has 5 heteroatoms. The van der Waals surface area contributed by atoms with Crippen LogP contribution in [-0.4, -0.2) is 35.2 Å². The molecular formula is C43H60N2OS2. The number of phenols is 1. The van der Waals surface area contributed by atoms with Crippen molar-refractivity contribution in [2.45, 2.75) is 115 Å². The molecule has 10 unspecified atom stereocenters. The number of fused-ring (bicyclic) bond motifs is 12. The summed E-state index contributed by atoms with van der Waals surface area (Å²) in [7, 11) is 6.56. The van der Waals surface area contributed by atoms with Crippen molar-refractivity contribution in [1.82, 2.24) is 10.6 Å². The summed E-state index contributed by atoms with van der Waals surface area (Å²) >= 11 is 0. The van der Waals surface area contributed by atoms with Crippen molar-refractivity contribution in [2.24, 2.45) is 46.3 Å². The van der Waals surface area contributed by atoms with Gasteiger partial charge in [0.2, 0.25) is 0 Å². The lowest BCUT2D eigenvalue weighted by Gasteiger charge is -2.61. The van der Waals surface area contributed by atoms with E-state index in [-0.39, 0.29) is 5.54 Å². The second-order valence-electron chi connectivity index (χ2n) is 18.0. The van der Waals surface area contributed by atoms with Gasteiger partial charge in [0.05, 0.1) is 0 Å². The van der Waals surface area contributed by atoms with E-state index in [1.165, 1.54) is 105 Å². The van der Waals surface area contributed by atoms with E-state index in [1.54, 1.807) is 0 Å². The first-order chi connectivity index (χ1) is 23.2. The van der Waals surface area contributed by atoms with E-state index in [9.17, 15) is 5.11 Å². The molecule has 4 fully saturated rings. The lowest BCUT2D eigenvalue weighted by molar-refractivity contribution is -0.0848. The monoisotopic (exact) mass is 684 g/mol. The van der Waals surface area contributed by atoms with Gasteiger partial charge in [0.15, 0.2) is 0 Å². The Kier molecular flexibility index (Phi) is 9.57. The number of aromatic hydroxyl groups is 1. The zero-order valence-electron chi connectivity index (χ0n) is 29.8. The maximum Gasteiger partial charge on any atom is 0.116 e. The fourth-order valence-corrected chi connectivity index (χ4v) is 15.9. The molecule has 6 bridgehead atoms. The standard InChI is InChI=1S/C43H60N2OS2/c1-29-7-6-12-43(22-29)27-42(14-10-30(23-42)25-44-3)24-38-35-17-32-15-31(18-37(46)19-32)16-33-8-4-5-9-34(33)26-45-41(2)13-11-40(48-47-28-41)36(20-35)21-39(38)43/h4-6,8-9,12,15,18-19,29-30,35-36,38-40,44-46H,7,10-11,13-14,16-17,20-28H2,1-3H3. The summed E-state index contributed by atoms with van der Waals surface area (Å²) in [5.41, 5.74) is 6.42. The molecule has 48 heavy (non-hydrogen) atoms. The predicted octanol–water partition coefficient (Wildman–Crippen LogP) is 9.96. The van der Waals surface area contributed by atoms with Crippen LogP contribution in [0, 0.1) is 46.3 Å². The minimum Gasteiger partial charge on any atom is -0.508 e. The maximum absolute atomic E-state index is 11.2. The minimum absolute atomic E-state index is 0.151. The van der Waals surface area contributed by atoms with Gasteiger partial charge in [-0.3, -0.25) is 0 Å². The number of hydrogen-bond donors (Lipinski definition) is 3. The molecule has 0 amide bonds. The van der Waals surface area contributed by atoms with Crippen LogP contribution in [0.25, 0.3) is 0 Å². The molecule has 3 saturated carbocycles. The number of nitrogens with one attached hydrogen (secondary N) is 2. The van der Waals surface area contributed by atoms with Crippen molar-refractivity contribution < 1.29 is 5.11 Å². The molecule has 2 aromatic rings. The largest absolute Gasteiger partial charge is 0.508 e. The van der Waals surface area contributed by atoms with E-state index in [2.05, 4.69) is 102 Å². The van der Waals surface area contributed by atoms with Gasteiger partial charge in [0, 0.05) is 23.1 Å². The summed E-state index contributed by atoms with van der Waals surface area (Å²) in [4.78, 5) is 0. The maximum atomic E-state index is 11.2. The fraction of sp³-hybridized carbons (Fsp3) is 0.674. The van der Waals surface area contributed by atoms with Crippen LogP contribution in [0.15, 0.2) is 54.6 Å². The summed E-state index contributed by atoms with van der Waals surface area (Å²) in [5, 5.41) is 19.5. The Morgan fingerprint density at radius 2 is 1.83 bits per heavy atom. The first kappa shape index (κ1) is 33.7. The molecule has 0 aromatic heterocycles. The van der Waals surface area contributed by atoms with E-state index < -0.39 is 0 Å². The van der Waals surface area contributed by atoms with E-state index in [1.807, 2.05) is 6.07 Å². The van der Waals surface area contributed by atoms with Gasteiger partial charge in [-0.1, -0.05) is 71.0 Å². The van der Waals surface area contributed by atoms with Crippen LogP contribution < -0.4 is 10.6 Å². The number of rotatable bonds is 2. The Morgan fingerprint density at radius 3 is 2.69 bits per heavy atom. The van der Waals surface area contributed by atoms with Crippen LogP contribution in [0.1, 0.15) is 107 Å². The Labute approximate surface area is 299 Å². The predicted molar refractivity (Wildman–Crippen MR) is 205 cm³/mol. The fourth-order valence-electron chi connectivity index (χ4n) is 12.3. The zero-order valence-corrected chi connectivity index (χ0v) is 31.4. The van der Waals surface area contributed by atoms with Crippen LogP contribution >= 0.6 is 21.6 Å². The topological polar surface area (TPSA) is 44.3 Å². The van der Waals surface area contributed by atoms with Crippen LogP contribution in [-0.2, 0) is 19.4 Å². The van der Waals surface area contributed by atoms with Crippen LogP contribution in [0.3, 0.4) is 0 Å². The average Bonchev–Trinajstić information content (AvgIpc) is 3.31. The van der Waals surface area contributed by atoms with Crippen molar-refractivity contribution in [2.75, 3.05) is 19.3 Å². The van der Waals surface area contributed by atoms with Crippen molar-refractivity contribution in [3.8, 4) is 5.75 Å². The number of benzene rings is 2. The van der Waals surface area contributed by atoms with Gasteiger partial charge in [0.1, 0.15) is 5.75 Å². The normalized spacial score (nSPS) is 41.2. The SMILES string of the molecule is CNCC1CCC2(C1)CC1C3Cc4cc(O)cc(c4)Cc4ccccc4CNC4(C)CCC(SSC4)C(C3)CC1C1(C=CCC(C)C1)C2. The quantitative estimate of drug-likeness (QED) is 0.217. The smallest absolute Gasteiger partial charge is 0.116 e. The van der Waals surface area contributed by atoms with Crippen molar-refractivity contribution >= 4 is 21.6 Å². The van der Waals surface area contributed by atoms with Gasteiger partial charge in [-0.2, -0.15) is 0 Å². The summed E-state index contributed by atoms with van der Waals surface area (Å²) in [6.07, 6.45) is 22.6. The van der Waals surface area contributed by atoms with Gasteiger partial charge in [0.25, 0.3) is 0 Å². The van der Waals surface area contributed by atoms with Crippen molar-refractivity contribution in [3.05, 3.63) is 76.9 Å². The highest BCUT2D eigenvalue weighted by atomic mass is 33.1. The third-order valence-corrected chi connectivity index (χ3v) is 17.5. The van der Waals surface area contributed by atoms with E-state index in [0.29, 0.717) is 22.5 Å². The van der Waals surface area contributed by atoms with Crippen LogP contribution in [0.2, 0.25) is 0 Å². The van der Waals surface area contributed by atoms with Crippen molar-refractivity contribution in [3.63, 3.8) is 0 Å². The highest BCUT2D eigenvalue weighted by Crippen LogP contribution is 2.68. The molecule has 6 aliphatic rings. The second kappa shape index (κ2) is 13.6. The van der Waals surface area contributed by atoms with E-state index in [4.69, 9.17) is 0 Å². The molecule has 2 heterocycles. The van der Waals surface area contributed by atoms with Gasteiger partial charge < -0.3 is 15.7 Å². The number of allylic oxidation sites excluding steroid dienone is 2. The average molecular weight is 685 g/mol. The first-order valence-corrected chi connectivity index (χ1v) is 21.9. The first-order valence-electron chi connectivity index (χ1n) is 19.5.